The Balaban J connectivity index is 2.07. The van der Waals surface area contributed by atoms with Crippen molar-refractivity contribution in [2.45, 2.75) is 13.3 Å². The summed E-state index contributed by atoms with van der Waals surface area (Å²) in [6.45, 7) is 2.01. The van der Waals surface area contributed by atoms with Crippen LogP contribution < -0.4 is 9.83 Å². The van der Waals surface area contributed by atoms with Gasteiger partial charge in [0.15, 0.2) is 0 Å². The first kappa shape index (κ1) is 14.9. The molecule has 5 heteroatoms. The van der Waals surface area contributed by atoms with Gasteiger partial charge in [-0.15, -0.1) is 0 Å². The maximum absolute atomic E-state index is 13.3. The van der Waals surface area contributed by atoms with Crippen LogP contribution in [0.2, 0.25) is 0 Å². The highest BCUT2D eigenvalue weighted by Gasteiger charge is 2.36. The van der Waals surface area contributed by atoms with Gasteiger partial charge in [-0.25, -0.2) is 0 Å². The monoisotopic (exact) mass is 316 g/mol. The van der Waals surface area contributed by atoms with E-state index in [-0.39, 0.29) is 18.6 Å². The third kappa shape index (κ3) is 2.55. The van der Waals surface area contributed by atoms with Crippen LogP contribution in [0, 0.1) is 6.92 Å². The van der Waals surface area contributed by atoms with E-state index in [0.29, 0.717) is 11.1 Å². The van der Waals surface area contributed by atoms with Gasteiger partial charge in [-0.1, -0.05) is 29.8 Å². The van der Waals surface area contributed by atoms with Gasteiger partial charge in [-0.05, 0) is 30.7 Å². The average Bonchev–Trinajstić information content (AvgIpc) is 2.54. The molecule has 2 aromatic rings. The van der Waals surface area contributed by atoms with Crippen LogP contribution in [-0.2, 0) is 14.1 Å². The van der Waals surface area contributed by atoms with E-state index in [1.54, 1.807) is 0 Å². The molecule has 0 amide bonds. The molecule has 1 aliphatic rings. The highest BCUT2D eigenvalue weighted by Crippen LogP contribution is 2.54. The number of hydrogen-bond donors (Lipinski definition) is 0. The number of esters is 1. The third-order valence-corrected chi connectivity index (χ3v) is 6.21. The van der Waals surface area contributed by atoms with Crippen molar-refractivity contribution in [3.8, 4) is 16.9 Å². The smallest absolute Gasteiger partial charge is 0.306 e. The zero-order valence-electron chi connectivity index (χ0n) is 12.5. The molecule has 0 N–H and O–H groups in total. The first-order chi connectivity index (χ1) is 10.5. The van der Waals surface area contributed by atoms with Gasteiger partial charge in [0.05, 0.1) is 18.8 Å². The van der Waals surface area contributed by atoms with Crippen molar-refractivity contribution in [2.24, 2.45) is 0 Å². The summed E-state index contributed by atoms with van der Waals surface area (Å²) in [7, 11) is -1.79. The molecule has 0 fully saturated rings. The summed E-state index contributed by atoms with van der Waals surface area (Å²) in [6, 6.07) is 13.3. The summed E-state index contributed by atoms with van der Waals surface area (Å²) in [5, 5.41) is 0.678. The maximum atomic E-state index is 13.3. The highest BCUT2D eigenvalue weighted by molar-refractivity contribution is 7.67. The summed E-state index contributed by atoms with van der Waals surface area (Å²) in [6.07, 6.45) is 0.216. The van der Waals surface area contributed by atoms with Crippen molar-refractivity contribution in [1.29, 1.82) is 0 Å². The number of carbonyl (C=O) groups is 1. The standard InChI is InChI=1S/C17H17O4P/c1-12-7-8-15-14(11-12)13-5-3-4-6-16(13)22(19,21-15)10-9-17(18)20-2/h3-8,11H,9-10H2,1-2H3. The van der Waals surface area contributed by atoms with E-state index in [0.717, 1.165) is 16.7 Å². The zero-order chi connectivity index (χ0) is 15.7. The number of hydrogen-bond acceptors (Lipinski definition) is 4. The molecule has 0 radical (unpaired) electrons. The molecule has 1 heterocycles. The predicted octanol–water partition coefficient (Wildman–Crippen LogP) is 3.52. The molecule has 0 aromatic heterocycles. The minimum Gasteiger partial charge on any atom is -0.469 e. The van der Waals surface area contributed by atoms with E-state index in [1.165, 1.54) is 7.11 Å². The fourth-order valence-electron chi connectivity index (χ4n) is 2.65. The lowest BCUT2D eigenvalue weighted by atomic mass is 10.0. The fourth-order valence-corrected chi connectivity index (χ4v) is 4.91. The topological polar surface area (TPSA) is 52.6 Å². The van der Waals surface area contributed by atoms with E-state index in [1.807, 2.05) is 49.4 Å². The van der Waals surface area contributed by atoms with Gasteiger partial charge < -0.3 is 9.26 Å². The van der Waals surface area contributed by atoms with Crippen molar-refractivity contribution >= 4 is 18.6 Å². The minimum absolute atomic E-state index is 0.0727. The Morgan fingerprint density at radius 1 is 1.18 bits per heavy atom. The highest BCUT2D eigenvalue weighted by atomic mass is 31.2. The van der Waals surface area contributed by atoms with Crippen LogP contribution in [0.4, 0.5) is 0 Å². The third-order valence-electron chi connectivity index (χ3n) is 3.78. The molecular formula is C17H17O4P. The van der Waals surface area contributed by atoms with E-state index in [9.17, 15) is 9.36 Å². The van der Waals surface area contributed by atoms with Gasteiger partial charge in [-0.3, -0.25) is 9.36 Å². The summed E-state index contributed by atoms with van der Waals surface area (Å²) >= 11 is 0. The predicted molar refractivity (Wildman–Crippen MR) is 86.0 cm³/mol. The van der Waals surface area contributed by atoms with Gasteiger partial charge in [0, 0.05) is 11.7 Å². The van der Waals surface area contributed by atoms with Gasteiger partial charge in [0.25, 0.3) is 7.37 Å². The molecule has 0 saturated heterocycles. The van der Waals surface area contributed by atoms with E-state index in [4.69, 9.17) is 4.52 Å². The molecule has 0 aliphatic carbocycles. The lowest BCUT2D eigenvalue weighted by molar-refractivity contribution is -0.140. The molecule has 0 bridgehead atoms. The molecule has 1 atom stereocenters. The van der Waals surface area contributed by atoms with E-state index >= 15 is 0 Å². The SMILES string of the molecule is COC(=O)CCP1(=O)Oc2ccc(C)cc2-c2ccccc21. The van der Waals surface area contributed by atoms with Gasteiger partial charge in [0.1, 0.15) is 5.75 Å². The Bertz CT molecular complexity index is 782. The summed E-state index contributed by atoms with van der Waals surface area (Å²) in [5.41, 5.74) is 2.98. The summed E-state index contributed by atoms with van der Waals surface area (Å²) in [4.78, 5) is 11.4. The number of fused-ring (bicyclic) bond motifs is 3. The first-order valence-corrected chi connectivity index (χ1v) is 8.90. The van der Waals surface area contributed by atoms with Crippen LogP contribution in [0.25, 0.3) is 11.1 Å². The summed E-state index contributed by atoms with van der Waals surface area (Å²) < 4.78 is 23.8. The molecule has 0 spiro atoms. The lowest BCUT2D eigenvalue weighted by Crippen LogP contribution is -2.21. The quantitative estimate of drug-likeness (QED) is 0.642. The Morgan fingerprint density at radius 2 is 1.95 bits per heavy atom. The first-order valence-electron chi connectivity index (χ1n) is 7.09. The molecular weight excluding hydrogens is 299 g/mol. The molecule has 4 nitrogen and oxygen atoms in total. The molecule has 0 saturated carbocycles. The molecule has 1 unspecified atom stereocenters. The van der Waals surface area contributed by atoms with Crippen LogP contribution in [0.1, 0.15) is 12.0 Å². The van der Waals surface area contributed by atoms with Crippen molar-refractivity contribution in [3.63, 3.8) is 0 Å². The lowest BCUT2D eigenvalue weighted by Gasteiger charge is -2.28. The van der Waals surface area contributed by atoms with E-state index < -0.39 is 7.37 Å². The van der Waals surface area contributed by atoms with Crippen molar-refractivity contribution in [2.75, 3.05) is 13.3 Å². The molecule has 1 aliphatic heterocycles. The van der Waals surface area contributed by atoms with Gasteiger partial charge in [0.2, 0.25) is 0 Å². The minimum atomic E-state index is -3.12. The van der Waals surface area contributed by atoms with Gasteiger partial charge in [-0.2, -0.15) is 0 Å². The number of aryl methyl sites for hydroxylation is 1. The molecule has 114 valence electrons. The largest absolute Gasteiger partial charge is 0.469 e. The Kier molecular flexibility index (Phi) is 3.79. The number of carbonyl (C=O) groups excluding carboxylic acids is 1. The Hall–Kier alpha value is -2.06. The fraction of sp³-hybridized carbons (Fsp3) is 0.235. The van der Waals surface area contributed by atoms with Crippen molar-refractivity contribution in [1.82, 2.24) is 0 Å². The maximum Gasteiger partial charge on any atom is 0.306 e. The second-order valence-corrected chi connectivity index (χ2v) is 7.79. The Morgan fingerprint density at radius 3 is 2.73 bits per heavy atom. The summed E-state index contributed by atoms with van der Waals surface area (Å²) in [5.74, 6) is 0.225. The van der Waals surface area contributed by atoms with Crippen LogP contribution >= 0.6 is 7.37 Å². The average molecular weight is 316 g/mol. The van der Waals surface area contributed by atoms with Crippen molar-refractivity contribution in [3.05, 3.63) is 48.0 Å². The number of methoxy groups -OCH3 is 1. The number of rotatable bonds is 3. The normalized spacial score (nSPS) is 18.8. The van der Waals surface area contributed by atoms with Crippen LogP contribution in [0.3, 0.4) is 0 Å². The molecule has 3 rings (SSSR count). The van der Waals surface area contributed by atoms with Gasteiger partial charge >= 0.3 is 5.97 Å². The second-order valence-electron chi connectivity index (χ2n) is 5.33. The van der Waals surface area contributed by atoms with Crippen LogP contribution in [0.15, 0.2) is 42.5 Å². The molecule has 2 aromatic carbocycles. The molecule has 22 heavy (non-hydrogen) atoms. The zero-order valence-corrected chi connectivity index (χ0v) is 13.4. The van der Waals surface area contributed by atoms with Crippen molar-refractivity contribution < 1.29 is 18.6 Å². The number of ether oxygens (including phenoxy) is 1. The second kappa shape index (κ2) is 5.62. The van der Waals surface area contributed by atoms with Crippen LogP contribution in [-0.4, -0.2) is 19.2 Å². The number of benzene rings is 2. The van der Waals surface area contributed by atoms with Crippen LogP contribution in [0.5, 0.6) is 5.75 Å². The van der Waals surface area contributed by atoms with E-state index in [2.05, 4.69) is 4.74 Å². The Labute approximate surface area is 129 Å².